The van der Waals surface area contributed by atoms with Gasteiger partial charge in [0.25, 0.3) is 0 Å². The van der Waals surface area contributed by atoms with E-state index in [0.29, 0.717) is 18.1 Å². The number of aromatic amines is 2. The zero-order valence-electron chi connectivity index (χ0n) is 15.0. The lowest BCUT2D eigenvalue weighted by molar-refractivity contribution is -0.0472. The average Bonchev–Trinajstić information content (AvgIpc) is 3.38. The average molecular weight is 365 g/mol. The van der Waals surface area contributed by atoms with Crippen LogP contribution < -0.4 is 4.90 Å². The van der Waals surface area contributed by atoms with Gasteiger partial charge >= 0.3 is 0 Å². The highest BCUT2D eigenvalue weighted by atomic mass is 16.3. The minimum absolute atomic E-state index is 0.129. The molecule has 0 aromatic carbocycles. The smallest absolute Gasteiger partial charge is 0.159 e. The molecule has 2 saturated heterocycles. The van der Waals surface area contributed by atoms with Gasteiger partial charge in [0.2, 0.25) is 0 Å². The van der Waals surface area contributed by atoms with Crippen molar-refractivity contribution in [3.8, 4) is 11.4 Å². The molecule has 6 rings (SSSR count). The summed E-state index contributed by atoms with van der Waals surface area (Å²) in [7, 11) is 0. The SMILES string of the molecule is OC1CCC1N1C2CCC1CN(c1ccnc3[nH]c(-c4cn[nH]c4)nc13)C2. The molecule has 1 aliphatic carbocycles. The number of anilines is 1. The largest absolute Gasteiger partial charge is 0.391 e. The van der Waals surface area contributed by atoms with Crippen LogP contribution in [0.25, 0.3) is 22.6 Å². The van der Waals surface area contributed by atoms with E-state index < -0.39 is 0 Å². The van der Waals surface area contributed by atoms with Crippen molar-refractivity contribution in [2.45, 2.75) is 49.9 Å². The van der Waals surface area contributed by atoms with Crippen molar-refractivity contribution in [2.75, 3.05) is 18.0 Å². The van der Waals surface area contributed by atoms with Gasteiger partial charge < -0.3 is 15.0 Å². The van der Waals surface area contributed by atoms with Crippen molar-refractivity contribution in [3.63, 3.8) is 0 Å². The minimum atomic E-state index is -0.129. The highest BCUT2D eigenvalue weighted by Crippen LogP contribution is 2.40. The first-order chi connectivity index (χ1) is 13.3. The highest BCUT2D eigenvalue weighted by Gasteiger charge is 2.48. The van der Waals surface area contributed by atoms with Gasteiger partial charge in [-0.25, -0.2) is 9.97 Å². The molecule has 4 atom stereocenters. The van der Waals surface area contributed by atoms with E-state index in [-0.39, 0.29) is 6.10 Å². The third-order valence-electron chi connectivity index (χ3n) is 6.60. The lowest BCUT2D eigenvalue weighted by atomic mass is 9.86. The van der Waals surface area contributed by atoms with Crippen LogP contribution in [0.1, 0.15) is 25.7 Å². The molecule has 27 heavy (non-hydrogen) atoms. The molecule has 3 aliphatic rings. The summed E-state index contributed by atoms with van der Waals surface area (Å²) < 4.78 is 0. The summed E-state index contributed by atoms with van der Waals surface area (Å²) in [6.45, 7) is 1.99. The normalized spacial score (nSPS) is 30.8. The summed E-state index contributed by atoms with van der Waals surface area (Å²) in [6, 6.07) is 3.51. The second-order valence-corrected chi connectivity index (χ2v) is 8.05. The van der Waals surface area contributed by atoms with Crippen LogP contribution in [-0.4, -0.2) is 72.5 Å². The molecule has 0 spiro atoms. The Morgan fingerprint density at radius 3 is 2.63 bits per heavy atom. The lowest BCUT2D eigenvalue weighted by Gasteiger charge is -2.50. The Hall–Kier alpha value is -2.45. The first kappa shape index (κ1) is 15.6. The number of rotatable bonds is 3. The zero-order valence-corrected chi connectivity index (χ0v) is 15.0. The molecule has 3 aromatic heterocycles. The predicted molar refractivity (Wildman–Crippen MR) is 101 cm³/mol. The summed E-state index contributed by atoms with van der Waals surface area (Å²) in [4.78, 5) is 17.7. The van der Waals surface area contributed by atoms with Gasteiger partial charge in [-0.15, -0.1) is 0 Å². The summed E-state index contributed by atoms with van der Waals surface area (Å²) >= 11 is 0. The molecular formula is C19H23N7O. The summed E-state index contributed by atoms with van der Waals surface area (Å²) in [5.74, 6) is 0.790. The van der Waals surface area contributed by atoms with Crippen LogP contribution in [0, 0.1) is 0 Å². The fourth-order valence-corrected chi connectivity index (χ4v) is 5.16. The number of aliphatic hydroxyl groups excluding tert-OH is 1. The van der Waals surface area contributed by atoms with Crippen LogP contribution in [0.3, 0.4) is 0 Å². The summed E-state index contributed by atoms with van der Waals surface area (Å²) in [5, 5.41) is 17.0. The molecule has 3 aromatic rings. The first-order valence-corrected chi connectivity index (χ1v) is 9.82. The number of nitrogens with zero attached hydrogens (tertiary/aromatic N) is 5. The highest BCUT2D eigenvalue weighted by molar-refractivity contribution is 5.88. The van der Waals surface area contributed by atoms with Crippen molar-refractivity contribution in [1.82, 2.24) is 30.0 Å². The van der Waals surface area contributed by atoms with Crippen LogP contribution in [0.4, 0.5) is 5.69 Å². The summed E-state index contributed by atoms with van der Waals surface area (Å²) in [6.07, 6.45) is 9.87. The fraction of sp³-hybridized carbons (Fsp3) is 0.526. The van der Waals surface area contributed by atoms with E-state index in [1.807, 2.05) is 12.4 Å². The molecule has 140 valence electrons. The Morgan fingerprint density at radius 2 is 1.96 bits per heavy atom. The Labute approximate surface area is 156 Å². The monoisotopic (exact) mass is 365 g/mol. The van der Waals surface area contributed by atoms with Crippen LogP contribution in [0.15, 0.2) is 24.7 Å². The molecule has 1 saturated carbocycles. The van der Waals surface area contributed by atoms with E-state index in [2.05, 4.69) is 36.0 Å². The maximum Gasteiger partial charge on any atom is 0.159 e. The van der Waals surface area contributed by atoms with Crippen LogP contribution in [0.5, 0.6) is 0 Å². The van der Waals surface area contributed by atoms with Crippen molar-refractivity contribution < 1.29 is 5.11 Å². The molecule has 5 heterocycles. The number of pyridine rings is 1. The van der Waals surface area contributed by atoms with Gasteiger partial charge in [0, 0.05) is 43.6 Å². The number of hydrogen-bond donors (Lipinski definition) is 3. The molecule has 4 unspecified atom stereocenters. The number of aliphatic hydroxyl groups is 1. The van der Waals surface area contributed by atoms with Crippen molar-refractivity contribution >= 4 is 16.9 Å². The Kier molecular flexibility index (Phi) is 3.33. The van der Waals surface area contributed by atoms with E-state index in [1.165, 1.54) is 12.8 Å². The number of fused-ring (bicyclic) bond motifs is 3. The first-order valence-electron chi connectivity index (χ1n) is 9.82. The van der Waals surface area contributed by atoms with Gasteiger partial charge in [-0.1, -0.05) is 0 Å². The molecule has 3 N–H and O–H groups in total. The molecule has 2 bridgehead atoms. The van der Waals surface area contributed by atoms with Crippen LogP contribution >= 0.6 is 0 Å². The second-order valence-electron chi connectivity index (χ2n) is 8.05. The van der Waals surface area contributed by atoms with Gasteiger partial charge in [-0.3, -0.25) is 10.00 Å². The molecule has 0 amide bonds. The Balaban J connectivity index is 1.33. The van der Waals surface area contributed by atoms with E-state index in [9.17, 15) is 5.11 Å². The number of nitrogens with one attached hydrogen (secondary N) is 2. The minimum Gasteiger partial charge on any atom is -0.391 e. The van der Waals surface area contributed by atoms with E-state index >= 15 is 0 Å². The van der Waals surface area contributed by atoms with Gasteiger partial charge in [0.1, 0.15) is 11.3 Å². The maximum atomic E-state index is 10.2. The van der Waals surface area contributed by atoms with E-state index in [4.69, 9.17) is 4.98 Å². The van der Waals surface area contributed by atoms with E-state index in [0.717, 1.165) is 54.2 Å². The third kappa shape index (κ3) is 2.33. The maximum absolute atomic E-state index is 10.2. The molecule has 3 fully saturated rings. The second kappa shape index (κ2) is 5.77. The summed E-state index contributed by atoms with van der Waals surface area (Å²) in [5.41, 5.74) is 3.82. The van der Waals surface area contributed by atoms with Crippen LogP contribution in [0.2, 0.25) is 0 Å². The number of H-pyrrole nitrogens is 2. The molecule has 8 nitrogen and oxygen atoms in total. The number of piperazine rings is 1. The molecule has 8 heteroatoms. The lowest BCUT2D eigenvalue weighted by Crippen LogP contribution is -2.62. The van der Waals surface area contributed by atoms with Gasteiger partial charge in [-0.05, 0) is 31.7 Å². The van der Waals surface area contributed by atoms with Crippen molar-refractivity contribution in [3.05, 3.63) is 24.7 Å². The predicted octanol–water partition coefficient (Wildman–Crippen LogP) is 1.52. The van der Waals surface area contributed by atoms with Crippen molar-refractivity contribution in [2.24, 2.45) is 0 Å². The van der Waals surface area contributed by atoms with Crippen LogP contribution in [-0.2, 0) is 0 Å². The van der Waals surface area contributed by atoms with Gasteiger partial charge in [-0.2, -0.15) is 5.10 Å². The number of aromatic nitrogens is 5. The topological polar surface area (TPSA) is 97.0 Å². The Morgan fingerprint density at radius 1 is 1.11 bits per heavy atom. The molecule has 0 radical (unpaired) electrons. The Bertz CT molecular complexity index is 954. The number of imidazole rings is 1. The van der Waals surface area contributed by atoms with Crippen molar-refractivity contribution in [1.29, 1.82) is 0 Å². The molecule has 2 aliphatic heterocycles. The standard InChI is InChI=1S/C19H23N7O/c27-16-4-3-14(16)26-12-1-2-13(26)10-25(9-12)15-5-6-20-19-17(15)23-18(24-19)11-7-21-22-8-11/h5-8,12-14,16,27H,1-4,9-10H2,(H,21,22)(H,20,23,24). The number of hydrogen-bond acceptors (Lipinski definition) is 6. The zero-order chi connectivity index (χ0) is 18.0. The van der Waals surface area contributed by atoms with Gasteiger partial charge in [0.15, 0.2) is 5.65 Å². The molecular weight excluding hydrogens is 342 g/mol. The fourth-order valence-electron chi connectivity index (χ4n) is 5.16. The van der Waals surface area contributed by atoms with Gasteiger partial charge in [0.05, 0.1) is 23.6 Å². The quantitative estimate of drug-likeness (QED) is 0.651. The van der Waals surface area contributed by atoms with E-state index in [1.54, 1.807) is 6.20 Å². The third-order valence-corrected chi connectivity index (χ3v) is 6.60.